The molecule has 1 saturated heterocycles. The van der Waals surface area contributed by atoms with E-state index in [0.29, 0.717) is 12.0 Å². The highest BCUT2D eigenvalue weighted by Crippen LogP contribution is 2.23. The zero-order valence-corrected chi connectivity index (χ0v) is 8.97. The summed E-state index contributed by atoms with van der Waals surface area (Å²) in [6, 6.07) is 0.730. The Hall–Kier alpha value is -1.59. The van der Waals surface area contributed by atoms with Crippen LogP contribution in [0.2, 0.25) is 0 Å². The molecule has 1 atom stereocenters. The van der Waals surface area contributed by atoms with Gasteiger partial charge >= 0.3 is 6.01 Å². The maximum absolute atomic E-state index is 5.58. The largest absolute Gasteiger partial charge is 0.467 e. The summed E-state index contributed by atoms with van der Waals surface area (Å²) in [5.74, 6) is 0.820. The van der Waals surface area contributed by atoms with E-state index < -0.39 is 0 Å². The van der Waals surface area contributed by atoms with Crippen molar-refractivity contribution in [3.63, 3.8) is 0 Å². The molecule has 0 radical (unpaired) electrons. The molecule has 1 aliphatic heterocycles. The molecule has 1 aromatic rings. The van der Waals surface area contributed by atoms with Gasteiger partial charge in [0.05, 0.1) is 7.11 Å². The van der Waals surface area contributed by atoms with Crippen LogP contribution in [0.5, 0.6) is 6.01 Å². The van der Waals surface area contributed by atoms with E-state index in [2.05, 4.69) is 26.8 Å². The van der Waals surface area contributed by atoms with Crippen LogP contribution in [0, 0.1) is 0 Å². The summed E-state index contributed by atoms with van der Waals surface area (Å²) in [5.41, 5.74) is 5.58. The molecule has 2 heterocycles. The molecule has 0 spiro atoms. The molecule has 6 nitrogen and oxygen atoms in total. The molecule has 1 unspecified atom stereocenters. The minimum absolute atomic E-state index is 0.205. The molecule has 0 saturated carbocycles. The van der Waals surface area contributed by atoms with Crippen LogP contribution in [0.15, 0.2) is 0 Å². The van der Waals surface area contributed by atoms with Gasteiger partial charge in [0.25, 0.3) is 0 Å². The van der Waals surface area contributed by atoms with E-state index in [-0.39, 0.29) is 12.0 Å². The van der Waals surface area contributed by atoms with Crippen LogP contribution < -0.4 is 15.4 Å². The van der Waals surface area contributed by atoms with Crippen molar-refractivity contribution in [1.29, 1.82) is 0 Å². The topological polar surface area (TPSA) is 77.2 Å². The van der Waals surface area contributed by atoms with Crippen molar-refractivity contribution in [3.8, 4) is 6.01 Å². The van der Waals surface area contributed by atoms with E-state index in [9.17, 15) is 0 Å². The molecule has 1 aliphatic rings. The Morgan fingerprint density at radius 1 is 1.40 bits per heavy atom. The predicted octanol–water partition coefficient (Wildman–Crippen LogP) is 0.451. The third kappa shape index (κ3) is 1.93. The lowest BCUT2D eigenvalue weighted by atomic mass is 10.2. The lowest BCUT2D eigenvalue weighted by Crippen LogP contribution is -2.28. The third-order valence-electron chi connectivity index (χ3n) is 2.61. The zero-order chi connectivity index (χ0) is 10.8. The SMILES string of the molecule is COc1nc(N)nc(N2CCCC2C)n1. The summed E-state index contributed by atoms with van der Waals surface area (Å²) in [4.78, 5) is 14.3. The molecule has 15 heavy (non-hydrogen) atoms. The highest BCUT2D eigenvalue weighted by atomic mass is 16.5. The Morgan fingerprint density at radius 2 is 2.20 bits per heavy atom. The molecule has 2 rings (SSSR count). The number of ether oxygens (including phenoxy) is 1. The highest BCUT2D eigenvalue weighted by Gasteiger charge is 2.23. The number of hydrogen-bond donors (Lipinski definition) is 1. The van der Waals surface area contributed by atoms with Crippen LogP contribution in [0.3, 0.4) is 0 Å². The van der Waals surface area contributed by atoms with Crippen molar-refractivity contribution < 1.29 is 4.74 Å². The Bertz CT molecular complexity index is 356. The third-order valence-corrected chi connectivity index (χ3v) is 2.61. The predicted molar refractivity (Wildman–Crippen MR) is 56.8 cm³/mol. The van der Waals surface area contributed by atoms with Gasteiger partial charge in [0.15, 0.2) is 0 Å². The Morgan fingerprint density at radius 3 is 2.80 bits per heavy atom. The first-order valence-corrected chi connectivity index (χ1v) is 5.03. The van der Waals surface area contributed by atoms with Crippen LogP contribution in [0.25, 0.3) is 0 Å². The number of aromatic nitrogens is 3. The van der Waals surface area contributed by atoms with Gasteiger partial charge in [-0.1, -0.05) is 0 Å². The fraction of sp³-hybridized carbons (Fsp3) is 0.667. The first-order chi connectivity index (χ1) is 7.20. The van der Waals surface area contributed by atoms with Gasteiger partial charge in [0.1, 0.15) is 0 Å². The number of nitrogens with two attached hydrogens (primary N) is 1. The average Bonchev–Trinajstić information content (AvgIpc) is 2.63. The smallest absolute Gasteiger partial charge is 0.322 e. The molecule has 0 amide bonds. The second-order valence-corrected chi connectivity index (χ2v) is 3.66. The fourth-order valence-corrected chi connectivity index (χ4v) is 1.81. The summed E-state index contributed by atoms with van der Waals surface area (Å²) >= 11 is 0. The lowest BCUT2D eigenvalue weighted by Gasteiger charge is -2.21. The van der Waals surface area contributed by atoms with E-state index in [0.717, 1.165) is 19.4 Å². The van der Waals surface area contributed by atoms with Crippen LogP contribution in [0.4, 0.5) is 11.9 Å². The number of nitrogens with zero attached hydrogens (tertiary/aromatic N) is 4. The van der Waals surface area contributed by atoms with Crippen molar-refractivity contribution >= 4 is 11.9 Å². The summed E-state index contributed by atoms with van der Waals surface area (Å²) in [6.45, 7) is 3.12. The monoisotopic (exact) mass is 209 g/mol. The lowest BCUT2D eigenvalue weighted by molar-refractivity contribution is 0.379. The fourth-order valence-electron chi connectivity index (χ4n) is 1.81. The van der Waals surface area contributed by atoms with Gasteiger partial charge in [0.2, 0.25) is 11.9 Å². The number of anilines is 2. The van der Waals surface area contributed by atoms with Gasteiger partial charge in [-0.15, -0.1) is 0 Å². The minimum atomic E-state index is 0.205. The molecule has 1 fully saturated rings. The molecule has 0 bridgehead atoms. The highest BCUT2D eigenvalue weighted by molar-refractivity contribution is 5.38. The van der Waals surface area contributed by atoms with Gasteiger partial charge in [0, 0.05) is 12.6 Å². The minimum Gasteiger partial charge on any atom is -0.467 e. The summed E-state index contributed by atoms with van der Waals surface area (Å²) in [6.07, 6.45) is 2.32. The standard InChI is InChI=1S/C9H15N5O/c1-6-4-3-5-14(6)8-11-7(10)12-9(13-8)15-2/h6H,3-5H2,1-2H3,(H2,10,11,12,13). The van der Waals surface area contributed by atoms with Crippen LogP contribution in [-0.2, 0) is 0 Å². The van der Waals surface area contributed by atoms with E-state index in [1.165, 1.54) is 7.11 Å². The average molecular weight is 209 g/mol. The molecule has 1 aromatic heterocycles. The first-order valence-electron chi connectivity index (χ1n) is 5.03. The zero-order valence-electron chi connectivity index (χ0n) is 8.97. The van der Waals surface area contributed by atoms with Gasteiger partial charge < -0.3 is 15.4 Å². The molecule has 0 aromatic carbocycles. The van der Waals surface area contributed by atoms with Crippen molar-refractivity contribution in [2.45, 2.75) is 25.8 Å². The Labute approximate surface area is 88.5 Å². The molecule has 2 N–H and O–H groups in total. The molecule has 82 valence electrons. The van der Waals surface area contributed by atoms with E-state index in [1.54, 1.807) is 0 Å². The van der Waals surface area contributed by atoms with Gasteiger partial charge in [-0.05, 0) is 19.8 Å². The van der Waals surface area contributed by atoms with Crippen LogP contribution >= 0.6 is 0 Å². The maximum Gasteiger partial charge on any atom is 0.322 e. The van der Waals surface area contributed by atoms with Gasteiger partial charge in [-0.3, -0.25) is 0 Å². The van der Waals surface area contributed by atoms with E-state index in [1.807, 2.05) is 0 Å². The van der Waals surface area contributed by atoms with E-state index >= 15 is 0 Å². The van der Waals surface area contributed by atoms with Crippen LogP contribution in [-0.4, -0.2) is 34.6 Å². The van der Waals surface area contributed by atoms with Crippen LogP contribution in [0.1, 0.15) is 19.8 Å². The second-order valence-electron chi connectivity index (χ2n) is 3.66. The van der Waals surface area contributed by atoms with Crippen molar-refractivity contribution in [1.82, 2.24) is 15.0 Å². The number of hydrogen-bond acceptors (Lipinski definition) is 6. The Kier molecular flexibility index (Phi) is 2.57. The number of nitrogen functional groups attached to an aromatic ring is 1. The number of methoxy groups -OCH3 is 1. The van der Waals surface area contributed by atoms with Gasteiger partial charge in [-0.2, -0.15) is 15.0 Å². The summed E-state index contributed by atoms with van der Waals surface area (Å²) in [5, 5.41) is 0. The first kappa shape index (κ1) is 9.95. The Balaban J connectivity index is 2.30. The number of rotatable bonds is 2. The van der Waals surface area contributed by atoms with Gasteiger partial charge in [-0.25, -0.2) is 0 Å². The summed E-state index contributed by atoms with van der Waals surface area (Å²) in [7, 11) is 1.52. The molecule has 0 aliphatic carbocycles. The normalized spacial score (nSPS) is 20.7. The second kappa shape index (κ2) is 3.88. The quantitative estimate of drug-likeness (QED) is 0.762. The van der Waals surface area contributed by atoms with Crippen molar-refractivity contribution in [2.75, 3.05) is 24.3 Å². The van der Waals surface area contributed by atoms with E-state index in [4.69, 9.17) is 10.5 Å². The maximum atomic E-state index is 5.58. The van der Waals surface area contributed by atoms with Crippen molar-refractivity contribution in [2.24, 2.45) is 0 Å². The molecule has 6 heteroatoms. The molecular weight excluding hydrogens is 194 g/mol. The van der Waals surface area contributed by atoms with Crippen molar-refractivity contribution in [3.05, 3.63) is 0 Å². The summed E-state index contributed by atoms with van der Waals surface area (Å²) < 4.78 is 4.96. The molecular formula is C9H15N5O.